The van der Waals surface area contributed by atoms with Crippen LogP contribution in [0.1, 0.15) is 46.8 Å². The summed E-state index contributed by atoms with van der Waals surface area (Å²) >= 11 is 0. The third kappa shape index (κ3) is 3.90. The molecule has 5 rings (SSSR count). The van der Waals surface area contributed by atoms with E-state index in [0.29, 0.717) is 24.0 Å². The molecule has 33 heavy (non-hydrogen) atoms. The van der Waals surface area contributed by atoms with E-state index in [9.17, 15) is 18.4 Å². The zero-order chi connectivity index (χ0) is 23.4. The van der Waals surface area contributed by atoms with Crippen molar-refractivity contribution in [2.45, 2.75) is 44.8 Å². The molecule has 1 aliphatic heterocycles. The molecule has 0 unspecified atom stereocenters. The van der Waals surface area contributed by atoms with E-state index in [1.807, 2.05) is 43.3 Å². The van der Waals surface area contributed by atoms with Crippen molar-refractivity contribution in [3.05, 3.63) is 82.9 Å². The average molecular weight is 448 g/mol. The number of benzene rings is 3. The fraction of sp³-hybridized carbons (Fsp3) is 0.259. The van der Waals surface area contributed by atoms with Gasteiger partial charge in [-0.25, -0.2) is 0 Å². The van der Waals surface area contributed by atoms with Crippen molar-refractivity contribution in [2.75, 3.05) is 0 Å². The van der Waals surface area contributed by atoms with E-state index < -0.39 is 11.7 Å². The predicted molar refractivity (Wildman–Crippen MR) is 119 cm³/mol. The van der Waals surface area contributed by atoms with E-state index in [4.69, 9.17) is 0 Å². The normalized spacial score (nSPS) is 17.0. The molecule has 0 atom stereocenters. The van der Waals surface area contributed by atoms with E-state index in [1.165, 1.54) is 19.1 Å². The molecule has 3 aromatic rings. The Morgan fingerprint density at radius 3 is 2.42 bits per heavy atom. The van der Waals surface area contributed by atoms with Crippen LogP contribution in [-0.4, -0.2) is 17.9 Å². The third-order valence-corrected chi connectivity index (χ3v) is 6.48. The second kappa shape index (κ2) is 7.51. The smallest absolute Gasteiger partial charge is 0.395 e. The minimum Gasteiger partial charge on any atom is -0.395 e. The molecule has 0 aromatic heterocycles. The Bertz CT molecular complexity index is 1290. The Kier molecular flexibility index (Phi) is 4.85. The Morgan fingerprint density at radius 1 is 0.939 bits per heavy atom. The Labute approximate surface area is 190 Å². The van der Waals surface area contributed by atoms with Crippen molar-refractivity contribution < 1.29 is 27.8 Å². The lowest BCUT2D eigenvalue weighted by atomic mass is 9.86. The van der Waals surface area contributed by atoms with Crippen molar-refractivity contribution in [3.63, 3.8) is 0 Å². The molecule has 1 saturated carbocycles. The summed E-state index contributed by atoms with van der Waals surface area (Å²) in [6, 6.07) is 17.9. The number of Topliss-reactive ketones (excluding diaryl/α,β-unsaturated/α-hetero) is 2. The summed E-state index contributed by atoms with van der Waals surface area (Å²) < 4.78 is 35.8. The number of alkyl halides is 2. The summed E-state index contributed by atoms with van der Waals surface area (Å²) in [5.41, 5.74) is 4.44. The molecule has 0 radical (unpaired) electrons. The van der Waals surface area contributed by atoms with Gasteiger partial charge in [-0.05, 0) is 72.7 Å². The highest BCUT2D eigenvalue weighted by Gasteiger charge is 2.52. The van der Waals surface area contributed by atoms with Crippen LogP contribution in [0.4, 0.5) is 8.78 Å². The summed E-state index contributed by atoms with van der Waals surface area (Å²) in [6.45, 7) is 3.53. The van der Waals surface area contributed by atoms with Crippen molar-refractivity contribution in [2.24, 2.45) is 0 Å². The monoisotopic (exact) mass is 448 g/mol. The van der Waals surface area contributed by atoms with Crippen molar-refractivity contribution in [1.82, 2.24) is 0 Å². The molecule has 6 heteroatoms. The minimum absolute atomic E-state index is 0.00185. The van der Waals surface area contributed by atoms with Crippen molar-refractivity contribution in [3.8, 4) is 22.6 Å². The van der Waals surface area contributed by atoms with Crippen molar-refractivity contribution in [1.29, 1.82) is 0 Å². The molecule has 0 amide bonds. The number of hydrogen-bond acceptors (Lipinski definition) is 4. The van der Waals surface area contributed by atoms with Gasteiger partial charge in [-0.15, -0.1) is 8.78 Å². The van der Waals surface area contributed by atoms with Crippen LogP contribution in [0.5, 0.6) is 11.5 Å². The van der Waals surface area contributed by atoms with E-state index in [-0.39, 0.29) is 29.5 Å². The molecule has 0 N–H and O–H groups in total. The maximum Gasteiger partial charge on any atom is 0.586 e. The van der Waals surface area contributed by atoms with E-state index in [1.54, 1.807) is 12.1 Å². The topological polar surface area (TPSA) is 52.6 Å². The van der Waals surface area contributed by atoms with Crippen LogP contribution in [0.25, 0.3) is 11.1 Å². The number of aryl methyl sites for hydroxylation is 1. The fourth-order valence-electron chi connectivity index (χ4n) is 4.45. The maximum atomic E-state index is 13.4. The van der Waals surface area contributed by atoms with Gasteiger partial charge in [0.2, 0.25) is 0 Å². The van der Waals surface area contributed by atoms with Gasteiger partial charge in [0.15, 0.2) is 17.3 Å². The highest BCUT2D eigenvalue weighted by atomic mass is 19.3. The first-order chi connectivity index (χ1) is 15.7. The van der Waals surface area contributed by atoms with E-state index in [2.05, 4.69) is 9.47 Å². The second-order valence-corrected chi connectivity index (χ2v) is 8.80. The number of carbonyl (C=O) groups excluding carboxylic acids is 2. The molecule has 1 fully saturated rings. The van der Waals surface area contributed by atoms with E-state index >= 15 is 0 Å². The lowest BCUT2D eigenvalue weighted by Crippen LogP contribution is -2.26. The quantitative estimate of drug-likeness (QED) is 0.432. The summed E-state index contributed by atoms with van der Waals surface area (Å²) in [7, 11) is 0. The van der Waals surface area contributed by atoms with Gasteiger partial charge in [-0.3, -0.25) is 9.59 Å². The Hall–Kier alpha value is -3.54. The second-order valence-electron chi connectivity index (χ2n) is 8.80. The SMILES string of the molecule is CC(=O)c1cccc(-c2cc(CC(=O)C3(c4ccc5c(c4)OC(F)(F)O5)CC3)ccc2C)c1. The van der Waals surface area contributed by atoms with Gasteiger partial charge in [0.25, 0.3) is 0 Å². The van der Waals surface area contributed by atoms with Gasteiger partial charge in [0, 0.05) is 12.0 Å². The van der Waals surface area contributed by atoms with Crippen molar-refractivity contribution >= 4 is 11.6 Å². The number of carbonyl (C=O) groups is 2. The summed E-state index contributed by atoms with van der Waals surface area (Å²) in [4.78, 5) is 25.1. The number of hydrogen-bond donors (Lipinski definition) is 0. The van der Waals surface area contributed by atoms with Gasteiger partial charge in [-0.1, -0.05) is 42.5 Å². The van der Waals surface area contributed by atoms with Crippen LogP contribution < -0.4 is 9.47 Å². The lowest BCUT2D eigenvalue weighted by Gasteiger charge is -2.16. The van der Waals surface area contributed by atoms with E-state index in [0.717, 1.165) is 22.3 Å². The Balaban J connectivity index is 1.40. The predicted octanol–water partition coefficient (Wildman–Crippen LogP) is 6.03. The number of rotatable bonds is 6. The van der Waals surface area contributed by atoms with Gasteiger partial charge in [0.1, 0.15) is 5.78 Å². The van der Waals surface area contributed by atoms with Crippen LogP contribution in [0.3, 0.4) is 0 Å². The first kappa shape index (κ1) is 21.3. The van der Waals surface area contributed by atoms with Gasteiger partial charge in [0.05, 0.1) is 5.41 Å². The number of ketones is 2. The van der Waals surface area contributed by atoms with Gasteiger partial charge >= 0.3 is 6.29 Å². The number of ether oxygens (including phenoxy) is 2. The molecular formula is C27H22F2O4. The summed E-state index contributed by atoms with van der Waals surface area (Å²) in [6.07, 6.45) is -2.12. The maximum absolute atomic E-state index is 13.4. The first-order valence-corrected chi connectivity index (χ1v) is 10.8. The minimum atomic E-state index is -3.68. The average Bonchev–Trinajstić information content (AvgIpc) is 3.52. The molecule has 168 valence electrons. The fourth-order valence-corrected chi connectivity index (χ4v) is 4.45. The third-order valence-electron chi connectivity index (χ3n) is 6.48. The largest absolute Gasteiger partial charge is 0.586 e. The van der Waals surface area contributed by atoms with Crippen LogP contribution in [0, 0.1) is 6.92 Å². The number of fused-ring (bicyclic) bond motifs is 1. The van der Waals surface area contributed by atoms with Crippen LogP contribution in [0.2, 0.25) is 0 Å². The molecule has 0 bridgehead atoms. The summed E-state index contributed by atoms with van der Waals surface area (Å²) in [5, 5.41) is 0. The highest BCUT2D eigenvalue weighted by molar-refractivity contribution is 5.96. The lowest BCUT2D eigenvalue weighted by molar-refractivity contribution is -0.286. The Morgan fingerprint density at radius 2 is 1.70 bits per heavy atom. The zero-order valence-corrected chi connectivity index (χ0v) is 18.3. The molecule has 1 aliphatic carbocycles. The van der Waals surface area contributed by atoms with Gasteiger partial charge < -0.3 is 9.47 Å². The zero-order valence-electron chi connectivity index (χ0n) is 18.3. The summed E-state index contributed by atoms with van der Waals surface area (Å²) in [5.74, 6) is -0.0269. The first-order valence-electron chi connectivity index (χ1n) is 10.8. The molecule has 2 aliphatic rings. The number of halogens is 2. The molecular weight excluding hydrogens is 426 g/mol. The molecule has 1 heterocycles. The van der Waals surface area contributed by atoms with Crippen LogP contribution in [0.15, 0.2) is 60.7 Å². The van der Waals surface area contributed by atoms with Crippen LogP contribution in [-0.2, 0) is 16.6 Å². The molecule has 0 spiro atoms. The highest BCUT2D eigenvalue weighted by Crippen LogP contribution is 2.52. The van der Waals surface area contributed by atoms with Crippen LogP contribution >= 0.6 is 0 Å². The standard InChI is InChI=1S/C27H22F2O4/c1-16-6-7-18(12-22(16)20-5-3-4-19(14-20)17(2)30)13-25(31)26(10-11-26)21-8-9-23-24(15-21)33-27(28,29)32-23/h3-9,12,14-15H,10-11,13H2,1-2H3. The molecule has 3 aromatic carbocycles. The molecule has 0 saturated heterocycles. The van der Waals surface area contributed by atoms with Gasteiger partial charge in [-0.2, -0.15) is 0 Å². The molecule has 4 nitrogen and oxygen atoms in total.